The Labute approximate surface area is 190 Å². The van der Waals surface area contributed by atoms with E-state index >= 15 is 0 Å². The molecule has 8 heteroatoms. The molecule has 0 spiro atoms. The molecule has 1 atom stereocenters. The number of aryl methyl sites for hydroxylation is 1. The molecule has 1 amide bonds. The molecule has 0 N–H and O–H groups in total. The van der Waals surface area contributed by atoms with E-state index in [4.69, 9.17) is 4.98 Å². The van der Waals surface area contributed by atoms with Gasteiger partial charge < -0.3 is 4.90 Å². The van der Waals surface area contributed by atoms with Crippen LogP contribution in [0.1, 0.15) is 41.1 Å². The fraction of sp³-hybridized carbons (Fsp3) is 0.333. The van der Waals surface area contributed by atoms with E-state index < -0.39 is 11.6 Å². The highest BCUT2D eigenvalue weighted by molar-refractivity contribution is 7.98. The minimum absolute atomic E-state index is 0.0874. The molecule has 0 radical (unpaired) electrons. The lowest BCUT2D eigenvalue weighted by molar-refractivity contribution is -0.131. The molecule has 1 unspecified atom stereocenters. The molecule has 1 aromatic carbocycles. The molecule has 3 aromatic rings. The lowest BCUT2D eigenvalue weighted by atomic mass is 9.92. The molecule has 32 heavy (non-hydrogen) atoms. The lowest BCUT2D eigenvalue weighted by Gasteiger charge is -2.33. The summed E-state index contributed by atoms with van der Waals surface area (Å²) in [5.41, 5.74) is 3.13. The van der Waals surface area contributed by atoms with E-state index in [1.54, 1.807) is 22.9 Å². The largest absolute Gasteiger partial charge is 0.342 e. The number of halogens is 2. The van der Waals surface area contributed by atoms with Gasteiger partial charge in [0.2, 0.25) is 5.91 Å². The molecule has 166 valence electrons. The van der Waals surface area contributed by atoms with Crippen molar-refractivity contribution >= 4 is 17.7 Å². The summed E-state index contributed by atoms with van der Waals surface area (Å²) < 4.78 is 27.5. The second kappa shape index (κ2) is 10.2. The van der Waals surface area contributed by atoms with Crippen molar-refractivity contribution in [3.05, 3.63) is 82.9 Å². The molecular formula is C24H24F2N4OS. The van der Waals surface area contributed by atoms with Crippen molar-refractivity contribution in [3.8, 4) is 0 Å². The van der Waals surface area contributed by atoms with Crippen molar-refractivity contribution in [2.24, 2.45) is 0 Å². The standard InChI is InChI=1S/C24H24F2N4OS/c1-16-12-28-24(32-15-17-5-3-9-27-13-17)29-23(16)19-7-4-10-30(14-19)21(31)11-18-6-2-8-20(25)22(18)26/h2-3,5-6,8-9,12-13,19H,4,7,10-11,14-15H2,1H3. The Balaban J connectivity index is 1.44. The van der Waals surface area contributed by atoms with Crippen LogP contribution >= 0.6 is 11.8 Å². The third kappa shape index (κ3) is 5.30. The maximum Gasteiger partial charge on any atom is 0.227 e. The van der Waals surface area contributed by atoms with Crippen LogP contribution in [0.15, 0.2) is 54.1 Å². The average molecular weight is 455 g/mol. The van der Waals surface area contributed by atoms with Crippen molar-refractivity contribution in [1.82, 2.24) is 19.9 Å². The van der Waals surface area contributed by atoms with Gasteiger partial charge in [-0.05, 0) is 43.0 Å². The number of piperidine rings is 1. The van der Waals surface area contributed by atoms with E-state index in [2.05, 4.69) is 9.97 Å². The van der Waals surface area contributed by atoms with Crippen LogP contribution < -0.4 is 0 Å². The number of hydrogen-bond acceptors (Lipinski definition) is 5. The van der Waals surface area contributed by atoms with Gasteiger partial charge in [-0.25, -0.2) is 18.7 Å². The van der Waals surface area contributed by atoms with Gasteiger partial charge in [-0.3, -0.25) is 9.78 Å². The molecule has 1 saturated heterocycles. The van der Waals surface area contributed by atoms with Crippen LogP contribution in [0.25, 0.3) is 0 Å². The number of pyridine rings is 1. The van der Waals surface area contributed by atoms with E-state index in [1.165, 1.54) is 12.1 Å². The lowest BCUT2D eigenvalue weighted by Crippen LogP contribution is -2.40. The summed E-state index contributed by atoms with van der Waals surface area (Å²) in [4.78, 5) is 27.9. The van der Waals surface area contributed by atoms with E-state index in [-0.39, 0.29) is 23.8 Å². The van der Waals surface area contributed by atoms with Gasteiger partial charge in [0.05, 0.1) is 12.1 Å². The minimum atomic E-state index is -0.948. The highest BCUT2D eigenvalue weighted by Gasteiger charge is 2.27. The zero-order valence-corrected chi connectivity index (χ0v) is 18.6. The number of likely N-dealkylation sites (tertiary alicyclic amines) is 1. The van der Waals surface area contributed by atoms with Gasteiger partial charge in [0.25, 0.3) is 0 Å². The van der Waals surface area contributed by atoms with Crippen molar-refractivity contribution in [1.29, 1.82) is 0 Å². The second-order valence-electron chi connectivity index (χ2n) is 7.94. The molecule has 5 nitrogen and oxygen atoms in total. The maximum atomic E-state index is 14.0. The molecule has 0 saturated carbocycles. The number of rotatable bonds is 6. The highest BCUT2D eigenvalue weighted by atomic mass is 32.2. The highest BCUT2D eigenvalue weighted by Crippen LogP contribution is 2.30. The Morgan fingerprint density at radius 1 is 1.22 bits per heavy atom. The van der Waals surface area contributed by atoms with Gasteiger partial charge in [-0.15, -0.1) is 0 Å². The molecule has 1 fully saturated rings. The summed E-state index contributed by atoms with van der Waals surface area (Å²) in [7, 11) is 0. The summed E-state index contributed by atoms with van der Waals surface area (Å²) in [6, 6.07) is 7.86. The van der Waals surface area contributed by atoms with Crippen molar-refractivity contribution in [2.75, 3.05) is 13.1 Å². The third-order valence-corrected chi connectivity index (χ3v) is 6.55. The van der Waals surface area contributed by atoms with Crippen molar-refractivity contribution in [2.45, 2.75) is 43.0 Å². The molecule has 1 aliphatic rings. The predicted octanol–water partition coefficient (Wildman–Crippen LogP) is 4.70. The summed E-state index contributed by atoms with van der Waals surface area (Å²) in [5.74, 6) is -1.26. The fourth-order valence-electron chi connectivity index (χ4n) is 3.94. The first-order valence-corrected chi connectivity index (χ1v) is 11.6. The Morgan fingerprint density at radius 3 is 2.91 bits per heavy atom. The van der Waals surface area contributed by atoms with Crippen LogP contribution in [0.5, 0.6) is 0 Å². The van der Waals surface area contributed by atoms with Crippen molar-refractivity contribution < 1.29 is 13.6 Å². The van der Waals surface area contributed by atoms with E-state index in [0.717, 1.165) is 41.5 Å². The summed E-state index contributed by atoms with van der Waals surface area (Å²) >= 11 is 1.55. The Bertz CT molecular complexity index is 1100. The zero-order valence-electron chi connectivity index (χ0n) is 17.8. The number of aromatic nitrogens is 3. The number of carbonyl (C=O) groups excluding carboxylic acids is 1. The fourth-order valence-corrected chi connectivity index (χ4v) is 4.70. The Morgan fingerprint density at radius 2 is 2.09 bits per heavy atom. The SMILES string of the molecule is Cc1cnc(SCc2cccnc2)nc1C1CCCN(C(=O)Cc2cccc(F)c2F)C1. The van der Waals surface area contributed by atoms with Crippen LogP contribution in [0.3, 0.4) is 0 Å². The molecule has 1 aliphatic heterocycles. The number of thioether (sulfide) groups is 1. The van der Waals surface area contributed by atoms with Gasteiger partial charge in [0.15, 0.2) is 16.8 Å². The van der Waals surface area contributed by atoms with Gasteiger partial charge in [0.1, 0.15) is 0 Å². The maximum absolute atomic E-state index is 14.0. The Kier molecular flexibility index (Phi) is 7.09. The summed E-state index contributed by atoms with van der Waals surface area (Å²) in [6.07, 6.45) is 7.01. The van der Waals surface area contributed by atoms with E-state index in [1.807, 2.05) is 31.5 Å². The topological polar surface area (TPSA) is 59.0 Å². The zero-order chi connectivity index (χ0) is 22.5. The monoisotopic (exact) mass is 454 g/mol. The van der Waals surface area contributed by atoms with Gasteiger partial charge in [-0.1, -0.05) is 30.0 Å². The molecular weight excluding hydrogens is 430 g/mol. The van der Waals surface area contributed by atoms with Gasteiger partial charge >= 0.3 is 0 Å². The van der Waals surface area contributed by atoms with Gasteiger partial charge in [0, 0.05) is 48.9 Å². The summed E-state index contributed by atoms with van der Waals surface area (Å²) in [5, 5.41) is 0.694. The van der Waals surface area contributed by atoms with Crippen molar-refractivity contribution in [3.63, 3.8) is 0 Å². The first kappa shape index (κ1) is 22.3. The second-order valence-corrected chi connectivity index (χ2v) is 8.88. The van der Waals surface area contributed by atoms with Crippen LogP contribution in [0.2, 0.25) is 0 Å². The Hall–Kier alpha value is -2.87. The number of carbonyl (C=O) groups is 1. The molecule has 3 heterocycles. The quantitative estimate of drug-likeness (QED) is 0.399. The van der Waals surface area contributed by atoms with Crippen LogP contribution in [0, 0.1) is 18.6 Å². The minimum Gasteiger partial charge on any atom is -0.342 e. The van der Waals surface area contributed by atoms with E-state index in [0.29, 0.717) is 18.2 Å². The smallest absolute Gasteiger partial charge is 0.227 e. The number of hydrogen-bond donors (Lipinski definition) is 0. The molecule has 0 bridgehead atoms. The predicted molar refractivity (Wildman–Crippen MR) is 119 cm³/mol. The summed E-state index contributed by atoms with van der Waals surface area (Å²) in [6.45, 7) is 3.10. The molecule has 0 aliphatic carbocycles. The van der Waals surface area contributed by atoms with Gasteiger partial charge in [-0.2, -0.15) is 0 Å². The number of benzene rings is 1. The number of amides is 1. The first-order valence-electron chi connectivity index (χ1n) is 10.6. The normalized spacial score (nSPS) is 16.2. The van der Waals surface area contributed by atoms with Crippen LogP contribution in [-0.2, 0) is 17.0 Å². The van der Waals surface area contributed by atoms with Crippen LogP contribution in [0.4, 0.5) is 8.78 Å². The molecule has 2 aromatic heterocycles. The van der Waals surface area contributed by atoms with Crippen LogP contribution in [-0.4, -0.2) is 38.8 Å². The first-order chi connectivity index (χ1) is 15.5. The average Bonchev–Trinajstić information content (AvgIpc) is 2.82. The van der Waals surface area contributed by atoms with E-state index in [9.17, 15) is 13.6 Å². The molecule has 4 rings (SSSR count). The third-order valence-electron chi connectivity index (χ3n) is 5.61. The number of nitrogens with zero attached hydrogens (tertiary/aromatic N) is 4.